The molecule has 1 atom stereocenters. The number of unbranched alkanes of at least 4 members (excludes halogenated alkanes) is 6. The molecule has 0 saturated carbocycles. The monoisotopic (exact) mass is 424 g/mol. The van der Waals surface area contributed by atoms with E-state index in [0.29, 0.717) is 6.42 Å². The first-order valence-corrected chi connectivity index (χ1v) is 11.8. The van der Waals surface area contributed by atoms with Crippen LogP contribution in [0.4, 0.5) is 0 Å². The molecule has 27 heavy (non-hydrogen) atoms. The highest BCUT2D eigenvalue weighted by molar-refractivity contribution is 7.86. The minimum absolute atomic E-state index is 0.0494. The van der Waals surface area contributed by atoms with Crippen molar-refractivity contribution in [2.45, 2.75) is 57.3 Å². The van der Waals surface area contributed by atoms with Gasteiger partial charge in [-0.2, -0.15) is 16.8 Å². The van der Waals surface area contributed by atoms with Gasteiger partial charge in [0.1, 0.15) is 12.4 Å². The summed E-state index contributed by atoms with van der Waals surface area (Å²) in [6, 6.07) is 7.81. The lowest BCUT2D eigenvalue weighted by molar-refractivity contribution is 0.151. The van der Waals surface area contributed by atoms with E-state index in [1.807, 2.05) is 0 Å². The van der Waals surface area contributed by atoms with Crippen LogP contribution in [0.25, 0.3) is 0 Å². The van der Waals surface area contributed by atoms with Crippen molar-refractivity contribution in [3.8, 4) is 5.75 Å². The van der Waals surface area contributed by atoms with E-state index in [1.165, 1.54) is 18.6 Å². The van der Waals surface area contributed by atoms with Gasteiger partial charge in [0, 0.05) is 0 Å². The molecule has 0 spiro atoms. The first-order chi connectivity index (χ1) is 12.7. The third-order valence-electron chi connectivity index (χ3n) is 3.67. The predicted octanol–water partition coefficient (Wildman–Crippen LogP) is 3.31. The van der Waals surface area contributed by atoms with Crippen LogP contribution in [0.1, 0.15) is 51.9 Å². The molecule has 0 saturated heterocycles. The summed E-state index contributed by atoms with van der Waals surface area (Å²) < 4.78 is 69.7. The highest BCUT2D eigenvalue weighted by atomic mass is 32.3. The topological polar surface area (TPSA) is 116 Å². The lowest BCUT2D eigenvalue weighted by Crippen LogP contribution is -2.33. The molecule has 0 aliphatic heterocycles. The average molecular weight is 425 g/mol. The molecule has 1 aromatic carbocycles. The fourth-order valence-electron chi connectivity index (χ4n) is 2.22. The molecule has 0 fully saturated rings. The molecule has 0 aliphatic carbocycles. The van der Waals surface area contributed by atoms with Crippen molar-refractivity contribution >= 4 is 20.5 Å². The highest BCUT2D eigenvalue weighted by Crippen LogP contribution is 2.15. The Kier molecular flexibility index (Phi) is 10.9. The van der Waals surface area contributed by atoms with E-state index in [4.69, 9.17) is 4.74 Å². The Morgan fingerprint density at radius 3 is 2.07 bits per heavy atom. The SMILES string of the molecule is CCCCCCCCCOS(=O)(=O)OCC(Oc1ccccc1)S(=O)(=O)O. The molecule has 1 rings (SSSR count). The zero-order chi connectivity index (χ0) is 20.2. The van der Waals surface area contributed by atoms with Gasteiger partial charge in [-0.15, -0.1) is 0 Å². The van der Waals surface area contributed by atoms with Crippen molar-refractivity contribution < 1.29 is 34.5 Å². The molecule has 156 valence electrons. The molecule has 0 amide bonds. The molecular weight excluding hydrogens is 396 g/mol. The third-order valence-corrected chi connectivity index (χ3v) is 5.44. The van der Waals surface area contributed by atoms with Crippen LogP contribution in [-0.4, -0.2) is 40.0 Å². The maximum absolute atomic E-state index is 11.7. The Labute approximate surface area is 161 Å². The minimum Gasteiger partial charge on any atom is -0.469 e. The molecule has 1 N–H and O–H groups in total. The number of para-hydroxylation sites is 1. The molecule has 0 bridgehead atoms. The van der Waals surface area contributed by atoms with E-state index in [2.05, 4.69) is 15.3 Å². The normalized spacial score (nSPS) is 13.4. The first-order valence-electron chi connectivity index (χ1n) is 8.96. The summed E-state index contributed by atoms with van der Waals surface area (Å²) in [5.74, 6) is 0.144. The summed E-state index contributed by atoms with van der Waals surface area (Å²) in [4.78, 5) is 0. The molecular formula is C17H28O8S2. The van der Waals surface area contributed by atoms with E-state index in [9.17, 15) is 21.4 Å². The molecule has 0 aromatic heterocycles. The van der Waals surface area contributed by atoms with Crippen molar-refractivity contribution in [1.82, 2.24) is 0 Å². The summed E-state index contributed by atoms with van der Waals surface area (Å²) in [5, 5.41) is 0. The van der Waals surface area contributed by atoms with Gasteiger partial charge < -0.3 is 4.74 Å². The van der Waals surface area contributed by atoms with Gasteiger partial charge in [-0.05, 0) is 18.6 Å². The van der Waals surface area contributed by atoms with E-state index >= 15 is 0 Å². The first kappa shape index (κ1) is 23.8. The molecule has 0 heterocycles. The number of benzene rings is 1. The maximum atomic E-state index is 11.7. The zero-order valence-electron chi connectivity index (χ0n) is 15.4. The summed E-state index contributed by atoms with van der Waals surface area (Å²) in [5.41, 5.74) is -1.89. The van der Waals surface area contributed by atoms with Crippen LogP contribution in [-0.2, 0) is 28.9 Å². The van der Waals surface area contributed by atoms with Crippen molar-refractivity contribution in [2.75, 3.05) is 13.2 Å². The average Bonchev–Trinajstić information content (AvgIpc) is 2.61. The van der Waals surface area contributed by atoms with Crippen molar-refractivity contribution in [1.29, 1.82) is 0 Å². The minimum atomic E-state index is -4.69. The Morgan fingerprint density at radius 2 is 1.48 bits per heavy atom. The van der Waals surface area contributed by atoms with Crippen LogP contribution in [0.5, 0.6) is 5.75 Å². The smallest absolute Gasteiger partial charge is 0.400 e. The molecule has 1 unspecified atom stereocenters. The van der Waals surface area contributed by atoms with E-state index in [1.54, 1.807) is 18.2 Å². The van der Waals surface area contributed by atoms with Crippen LogP contribution in [0.15, 0.2) is 30.3 Å². The second-order valence-corrected chi connectivity index (χ2v) is 8.86. The second-order valence-electron chi connectivity index (χ2n) is 6.01. The molecule has 8 nitrogen and oxygen atoms in total. The lowest BCUT2D eigenvalue weighted by Gasteiger charge is -2.16. The summed E-state index contributed by atoms with van der Waals surface area (Å²) in [6.07, 6.45) is 7.01. The van der Waals surface area contributed by atoms with E-state index < -0.39 is 32.6 Å². The standard InChI is InChI=1S/C17H28O8S2/c1-2-3-4-5-6-7-11-14-23-27(21,22)24-15-17(26(18,19)20)25-16-12-9-8-10-13-16/h8-10,12-13,17H,2-7,11,14-15H2,1H3,(H,18,19,20). The van der Waals surface area contributed by atoms with Crippen LogP contribution >= 0.6 is 0 Å². The Balaban J connectivity index is 2.38. The zero-order valence-corrected chi connectivity index (χ0v) is 17.1. The van der Waals surface area contributed by atoms with E-state index in [-0.39, 0.29) is 12.4 Å². The van der Waals surface area contributed by atoms with Crippen molar-refractivity contribution in [3.63, 3.8) is 0 Å². The lowest BCUT2D eigenvalue weighted by atomic mass is 10.1. The van der Waals surface area contributed by atoms with Gasteiger partial charge in [0.05, 0.1) is 6.61 Å². The molecule has 1 aromatic rings. The maximum Gasteiger partial charge on any atom is 0.400 e. The van der Waals surface area contributed by atoms with Gasteiger partial charge in [-0.3, -0.25) is 4.55 Å². The number of ether oxygens (including phenoxy) is 1. The van der Waals surface area contributed by atoms with Crippen LogP contribution < -0.4 is 4.74 Å². The Hall–Kier alpha value is -1.20. The summed E-state index contributed by atoms with van der Waals surface area (Å²) >= 11 is 0. The predicted molar refractivity (Wildman–Crippen MR) is 101 cm³/mol. The Morgan fingerprint density at radius 1 is 0.889 bits per heavy atom. The fraction of sp³-hybridized carbons (Fsp3) is 0.647. The molecule has 0 aliphatic rings. The van der Waals surface area contributed by atoms with Gasteiger partial charge in [-0.1, -0.05) is 63.6 Å². The summed E-state index contributed by atoms with van der Waals surface area (Å²) in [7, 11) is -9.08. The molecule has 10 heteroatoms. The van der Waals surface area contributed by atoms with Crippen molar-refractivity contribution in [2.24, 2.45) is 0 Å². The number of rotatable bonds is 15. The third kappa shape index (κ3) is 11.3. The van der Waals surface area contributed by atoms with Gasteiger partial charge in [0.25, 0.3) is 0 Å². The van der Waals surface area contributed by atoms with Crippen LogP contribution in [0.3, 0.4) is 0 Å². The van der Waals surface area contributed by atoms with Gasteiger partial charge in [-0.25, -0.2) is 8.37 Å². The second kappa shape index (κ2) is 12.3. The number of hydrogen-bond donors (Lipinski definition) is 1. The fourth-order valence-corrected chi connectivity index (χ4v) is 3.46. The van der Waals surface area contributed by atoms with E-state index in [0.717, 1.165) is 32.1 Å². The highest BCUT2D eigenvalue weighted by Gasteiger charge is 2.28. The molecule has 0 radical (unpaired) electrons. The quantitative estimate of drug-likeness (QED) is 0.337. The van der Waals surface area contributed by atoms with Gasteiger partial charge in [0.15, 0.2) is 0 Å². The number of hydrogen-bond acceptors (Lipinski definition) is 7. The summed E-state index contributed by atoms with van der Waals surface area (Å²) in [6.45, 7) is 1.16. The Bertz CT molecular complexity index is 717. The van der Waals surface area contributed by atoms with Crippen LogP contribution in [0.2, 0.25) is 0 Å². The largest absolute Gasteiger partial charge is 0.469 e. The van der Waals surface area contributed by atoms with Crippen LogP contribution in [0, 0.1) is 0 Å². The van der Waals surface area contributed by atoms with Gasteiger partial charge in [0.2, 0.25) is 5.44 Å². The van der Waals surface area contributed by atoms with Gasteiger partial charge >= 0.3 is 20.5 Å². The van der Waals surface area contributed by atoms with Crippen molar-refractivity contribution in [3.05, 3.63) is 30.3 Å².